The number of nitrogens with zero attached hydrogens (tertiary/aromatic N) is 2. The van der Waals surface area contributed by atoms with Crippen molar-refractivity contribution in [2.75, 3.05) is 11.9 Å². The van der Waals surface area contributed by atoms with E-state index in [4.69, 9.17) is 0 Å². The van der Waals surface area contributed by atoms with Gasteiger partial charge in [-0.05, 0) is 86.7 Å². The molecule has 4 saturated carbocycles. The van der Waals surface area contributed by atoms with Crippen molar-refractivity contribution in [2.24, 2.45) is 23.2 Å². The summed E-state index contributed by atoms with van der Waals surface area (Å²) in [4.78, 5) is 13.1. The average molecular weight is 434 g/mol. The number of benzene rings is 1. The van der Waals surface area contributed by atoms with Crippen LogP contribution in [0.4, 0.5) is 19.0 Å². The van der Waals surface area contributed by atoms with Gasteiger partial charge in [0.05, 0.1) is 10.9 Å². The summed E-state index contributed by atoms with van der Waals surface area (Å²) in [6.45, 7) is 1.13. The van der Waals surface area contributed by atoms with Crippen LogP contribution in [0.5, 0.6) is 0 Å². The van der Waals surface area contributed by atoms with Crippen molar-refractivity contribution in [1.82, 2.24) is 9.78 Å². The minimum atomic E-state index is -4.14. The van der Waals surface area contributed by atoms with Gasteiger partial charge in [-0.2, -0.15) is 18.3 Å². The maximum absolute atomic E-state index is 13.1. The summed E-state index contributed by atoms with van der Waals surface area (Å²) < 4.78 is 39.2. The molecule has 31 heavy (non-hydrogen) atoms. The van der Waals surface area contributed by atoms with Gasteiger partial charge in [0.15, 0.2) is 5.82 Å². The summed E-state index contributed by atoms with van der Waals surface area (Å²) in [6, 6.07) is 7.25. The van der Waals surface area contributed by atoms with Crippen LogP contribution in [0.25, 0.3) is 10.9 Å². The number of para-hydroxylation sites is 1. The zero-order valence-electron chi connectivity index (χ0n) is 17.8. The molecule has 0 spiro atoms. The zero-order valence-corrected chi connectivity index (χ0v) is 17.8. The van der Waals surface area contributed by atoms with Crippen molar-refractivity contribution in [2.45, 2.75) is 70.5 Å². The number of hydrogen-bond donors (Lipinski definition) is 1. The van der Waals surface area contributed by atoms with Crippen LogP contribution in [0, 0.1) is 23.2 Å². The first kappa shape index (κ1) is 20.8. The molecule has 0 saturated heterocycles. The maximum atomic E-state index is 13.1. The van der Waals surface area contributed by atoms with E-state index < -0.39 is 12.6 Å². The standard InChI is InChI=1S/C24H30F3N3O/c25-24(26,27)7-3-4-8-30-20-6-2-1-5-19(20)21(31)22(29-30)28-15-23-12-16-9-17(13-23)11-18(10-16)14-23/h1-2,5-6,16-18H,3-4,7-15H2,(H,28,29). The number of halogens is 3. The molecule has 4 bridgehead atoms. The lowest BCUT2D eigenvalue weighted by Crippen LogP contribution is -2.49. The molecule has 168 valence electrons. The Morgan fingerprint density at radius 1 is 1.03 bits per heavy atom. The topological polar surface area (TPSA) is 46.9 Å². The number of rotatable bonds is 7. The van der Waals surface area contributed by atoms with Gasteiger partial charge in [0, 0.05) is 19.5 Å². The van der Waals surface area contributed by atoms with Crippen LogP contribution in [0.15, 0.2) is 29.1 Å². The second-order valence-electron chi connectivity index (χ2n) is 10.3. The van der Waals surface area contributed by atoms with Crippen molar-refractivity contribution >= 4 is 16.7 Å². The van der Waals surface area contributed by atoms with Gasteiger partial charge >= 0.3 is 6.18 Å². The van der Waals surface area contributed by atoms with E-state index in [-0.39, 0.29) is 17.3 Å². The SMILES string of the molecule is O=c1c(NCC23CC4CC(CC(C4)C2)C3)nn(CCCCC(F)(F)F)c2ccccc12. The molecule has 4 nitrogen and oxygen atoms in total. The van der Waals surface area contributed by atoms with Crippen molar-refractivity contribution in [3.8, 4) is 0 Å². The molecule has 1 N–H and O–H groups in total. The molecule has 0 radical (unpaired) electrons. The first-order valence-electron chi connectivity index (χ1n) is 11.6. The fourth-order valence-electron chi connectivity index (χ4n) is 6.89. The van der Waals surface area contributed by atoms with Crippen molar-refractivity contribution in [1.29, 1.82) is 0 Å². The van der Waals surface area contributed by atoms with E-state index in [9.17, 15) is 18.0 Å². The lowest BCUT2D eigenvalue weighted by molar-refractivity contribution is -0.135. The van der Waals surface area contributed by atoms with Gasteiger partial charge in [-0.3, -0.25) is 9.48 Å². The van der Waals surface area contributed by atoms with Crippen molar-refractivity contribution in [3.63, 3.8) is 0 Å². The molecule has 1 heterocycles. The van der Waals surface area contributed by atoms with Gasteiger partial charge in [-0.15, -0.1) is 0 Å². The van der Waals surface area contributed by atoms with Crippen LogP contribution >= 0.6 is 0 Å². The van der Waals surface area contributed by atoms with Crippen LogP contribution in [-0.2, 0) is 6.54 Å². The van der Waals surface area contributed by atoms with Crippen LogP contribution in [0.3, 0.4) is 0 Å². The van der Waals surface area contributed by atoms with Gasteiger partial charge < -0.3 is 5.32 Å². The number of fused-ring (bicyclic) bond motifs is 1. The summed E-state index contributed by atoms with van der Waals surface area (Å²) in [6.07, 6.45) is 3.34. The fraction of sp³-hybridized carbons (Fsp3) is 0.667. The molecule has 4 fully saturated rings. The molecular weight excluding hydrogens is 403 g/mol. The summed E-state index contributed by atoms with van der Waals surface area (Å²) in [5.41, 5.74) is 0.832. The molecule has 1 aromatic heterocycles. The van der Waals surface area contributed by atoms with Crippen LogP contribution in [-0.4, -0.2) is 22.5 Å². The average Bonchev–Trinajstić information content (AvgIpc) is 2.70. The smallest absolute Gasteiger partial charge is 0.365 e. The second-order valence-corrected chi connectivity index (χ2v) is 10.3. The summed E-state index contributed by atoms with van der Waals surface area (Å²) in [5, 5.41) is 8.53. The number of unbranched alkanes of at least 4 members (excludes halogenated alkanes) is 1. The van der Waals surface area contributed by atoms with E-state index in [1.54, 1.807) is 10.7 Å². The molecule has 0 aliphatic heterocycles. The highest BCUT2D eigenvalue weighted by molar-refractivity contribution is 5.80. The minimum absolute atomic E-state index is 0.0572. The molecule has 4 aliphatic rings. The van der Waals surface area contributed by atoms with E-state index in [0.717, 1.165) is 24.3 Å². The van der Waals surface area contributed by atoms with E-state index >= 15 is 0 Å². The predicted octanol–water partition coefficient (Wildman–Crippen LogP) is 5.76. The molecule has 7 heteroatoms. The number of anilines is 1. The quantitative estimate of drug-likeness (QED) is 0.565. The van der Waals surface area contributed by atoms with E-state index in [1.165, 1.54) is 38.5 Å². The first-order chi connectivity index (χ1) is 14.8. The lowest BCUT2D eigenvalue weighted by atomic mass is 9.49. The molecule has 2 aromatic rings. The summed E-state index contributed by atoms with van der Waals surface area (Å²) >= 11 is 0. The highest BCUT2D eigenvalue weighted by atomic mass is 19.4. The van der Waals surface area contributed by atoms with Crippen molar-refractivity contribution < 1.29 is 13.2 Å². The lowest BCUT2D eigenvalue weighted by Gasteiger charge is -2.56. The Kier molecular flexibility index (Phi) is 5.25. The minimum Gasteiger partial charge on any atom is -0.365 e. The van der Waals surface area contributed by atoms with Gasteiger partial charge in [0.1, 0.15) is 0 Å². The maximum Gasteiger partial charge on any atom is 0.389 e. The third-order valence-corrected chi connectivity index (χ3v) is 7.74. The Labute approximate surface area is 180 Å². The van der Waals surface area contributed by atoms with E-state index in [1.807, 2.05) is 18.2 Å². The molecule has 4 aliphatic carbocycles. The van der Waals surface area contributed by atoms with Crippen LogP contribution < -0.4 is 10.7 Å². The molecule has 1 aromatic carbocycles. The molecular formula is C24H30F3N3O. The molecule has 0 atom stereocenters. The Hall–Kier alpha value is -2.05. The zero-order chi connectivity index (χ0) is 21.6. The summed E-state index contributed by atoms with van der Waals surface area (Å²) in [7, 11) is 0. The van der Waals surface area contributed by atoms with E-state index in [2.05, 4.69) is 10.4 Å². The number of nitrogens with one attached hydrogen (secondary N) is 1. The number of aromatic nitrogens is 2. The largest absolute Gasteiger partial charge is 0.389 e. The highest BCUT2D eigenvalue weighted by Gasteiger charge is 2.50. The predicted molar refractivity (Wildman–Crippen MR) is 115 cm³/mol. The Balaban J connectivity index is 1.35. The summed E-state index contributed by atoms with van der Waals surface area (Å²) in [5.74, 6) is 2.85. The van der Waals surface area contributed by atoms with Gasteiger partial charge in [-0.1, -0.05) is 12.1 Å². The Morgan fingerprint density at radius 3 is 2.32 bits per heavy atom. The third kappa shape index (κ3) is 4.33. The fourth-order valence-corrected chi connectivity index (χ4v) is 6.89. The van der Waals surface area contributed by atoms with Gasteiger partial charge in [0.2, 0.25) is 5.43 Å². The van der Waals surface area contributed by atoms with Crippen LogP contribution in [0.1, 0.15) is 57.8 Å². The number of aryl methyl sites for hydroxylation is 1. The number of alkyl halides is 3. The number of hydrogen-bond acceptors (Lipinski definition) is 3. The molecule has 0 amide bonds. The normalized spacial score (nSPS) is 29.6. The Morgan fingerprint density at radius 2 is 1.68 bits per heavy atom. The molecule has 0 unspecified atom stereocenters. The van der Waals surface area contributed by atoms with Crippen LogP contribution in [0.2, 0.25) is 0 Å². The van der Waals surface area contributed by atoms with Crippen molar-refractivity contribution in [3.05, 3.63) is 34.5 Å². The highest BCUT2D eigenvalue weighted by Crippen LogP contribution is 2.59. The van der Waals surface area contributed by atoms with Gasteiger partial charge in [-0.25, -0.2) is 0 Å². The Bertz CT molecular complexity index is 978. The third-order valence-electron chi connectivity index (χ3n) is 7.74. The second kappa shape index (κ2) is 7.82. The van der Waals surface area contributed by atoms with Gasteiger partial charge in [0.25, 0.3) is 0 Å². The molecule has 6 rings (SSSR count). The monoisotopic (exact) mass is 433 g/mol. The van der Waals surface area contributed by atoms with E-state index in [0.29, 0.717) is 29.7 Å². The first-order valence-corrected chi connectivity index (χ1v) is 11.6.